The lowest BCUT2D eigenvalue weighted by molar-refractivity contribution is 0.0953. The standard InChI is InChI=1S/C12H11ClN4O2/c13-10-5-15-12(19)17(7-10)6-8-2-1-3-9(4-8)11(18)16-14/h1-5,7H,6,14H2,(H,16,18). The maximum Gasteiger partial charge on any atom is 0.347 e. The van der Waals surface area contributed by atoms with Crippen LogP contribution >= 0.6 is 11.6 Å². The first-order valence-electron chi connectivity index (χ1n) is 5.42. The lowest BCUT2D eigenvalue weighted by Crippen LogP contribution is -2.30. The predicted octanol–water partition coefficient (Wildman–Crippen LogP) is 0.548. The molecule has 2 rings (SSSR count). The van der Waals surface area contributed by atoms with Crippen LogP contribution in [0.25, 0.3) is 0 Å². The maximum absolute atomic E-state index is 11.5. The Morgan fingerprint density at radius 1 is 1.47 bits per heavy atom. The molecule has 1 heterocycles. The van der Waals surface area contributed by atoms with E-state index in [1.54, 1.807) is 24.3 Å². The van der Waals surface area contributed by atoms with E-state index in [-0.39, 0.29) is 6.54 Å². The summed E-state index contributed by atoms with van der Waals surface area (Å²) >= 11 is 5.78. The zero-order chi connectivity index (χ0) is 13.8. The minimum atomic E-state index is -0.405. The van der Waals surface area contributed by atoms with E-state index in [4.69, 9.17) is 17.4 Å². The van der Waals surface area contributed by atoms with Crippen LogP contribution in [0.2, 0.25) is 5.02 Å². The van der Waals surface area contributed by atoms with Gasteiger partial charge in [-0.15, -0.1) is 0 Å². The number of nitrogens with zero attached hydrogens (tertiary/aromatic N) is 2. The quantitative estimate of drug-likeness (QED) is 0.487. The Morgan fingerprint density at radius 2 is 2.26 bits per heavy atom. The summed E-state index contributed by atoms with van der Waals surface area (Å²) in [5.41, 5.74) is 2.84. The maximum atomic E-state index is 11.5. The van der Waals surface area contributed by atoms with Crippen molar-refractivity contribution in [3.63, 3.8) is 0 Å². The second kappa shape index (κ2) is 5.64. The van der Waals surface area contributed by atoms with Crippen LogP contribution in [0.15, 0.2) is 41.5 Å². The highest BCUT2D eigenvalue weighted by atomic mass is 35.5. The van der Waals surface area contributed by atoms with Gasteiger partial charge in [-0.3, -0.25) is 14.8 Å². The lowest BCUT2D eigenvalue weighted by Gasteiger charge is -2.07. The van der Waals surface area contributed by atoms with E-state index in [1.807, 2.05) is 0 Å². The molecule has 0 aliphatic rings. The molecular formula is C12H11ClN4O2. The van der Waals surface area contributed by atoms with Crippen molar-refractivity contribution >= 4 is 17.5 Å². The van der Waals surface area contributed by atoms with E-state index in [0.29, 0.717) is 10.6 Å². The first-order valence-corrected chi connectivity index (χ1v) is 5.80. The summed E-state index contributed by atoms with van der Waals surface area (Å²) in [5, 5.41) is 0.371. The summed E-state index contributed by atoms with van der Waals surface area (Å²) in [6, 6.07) is 6.78. The van der Waals surface area contributed by atoms with Crippen molar-refractivity contribution in [1.82, 2.24) is 15.0 Å². The van der Waals surface area contributed by atoms with Gasteiger partial charge in [0.05, 0.1) is 17.8 Å². The number of benzene rings is 1. The average molecular weight is 279 g/mol. The van der Waals surface area contributed by atoms with E-state index in [1.165, 1.54) is 17.0 Å². The third-order valence-corrected chi connectivity index (χ3v) is 2.69. The van der Waals surface area contributed by atoms with Crippen LogP contribution in [0.4, 0.5) is 0 Å². The highest BCUT2D eigenvalue weighted by molar-refractivity contribution is 6.30. The number of halogens is 1. The molecule has 0 atom stereocenters. The Balaban J connectivity index is 2.31. The van der Waals surface area contributed by atoms with Crippen molar-refractivity contribution in [1.29, 1.82) is 0 Å². The largest absolute Gasteiger partial charge is 0.347 e. The Morgan fingerprint density at radius 3 is 3.00 bits per heavy atom. The first-order chi connectivity index (χ1) is 9.10. The summed E-state index contributed by atoms with van der Waals surface area (Å²) in [4.78, 5) is 26.6. The van der Waals surface area contributed by atoms with Crippen molar-refractivity contribution in [3.05, 3.63) is 63.3 Å². The Labute approximate surface area is 113 Å². The number of hydrazine groups is 1. The Hall–Kier alpha value is -2.18. The van der Waals surface area contributed by atoms with Crippen molar-refractivity contribution in [2.24, 2.45) is 5.84 Å². The number of amides is 1. The fourth-order valence-corrected chi connectivity index (χ4v) is 1.80. The molecule has 0 unspecified atom stereocenters. The third kappa shape index (κ3) is 3.18. The van der Waals surface area contributed by atoms with E-state index >= 15 is 0 Å². The number of nitrogens with two attached hydrogens (primary N) is 1. The van der Waals surface area contributed by atoms with Crippen LogP contribution in [0.3, 0.4) is 0 Å². The van der Waals surface area contributed by atoms with Gasteiger partial charge in [0.2, 0.25) is 0 Å². The molecule has 98 valence electrons. The number of carbonyl (C=O) groups excluding carboxylic acids is 1. The average Bonchev–Trinajstić information content (AvgIpc) is 2.42. The molecule has 1 aromatic heterocycles. The molecule has 2 aromatic rings. The number of carbonyl (C=O) groups is 1. The second-order valence-electron chi connectivity index (χ2n) is 3.86. The summed E-state index contributed by atoms with van der Waals surface area (Å²) in [6.45, 7) is 0.276. The second-order valence-corrected chi connectivity index (χ2v) is 4.29. The zero-order valence-corrected chi connectivity index (χ0v) is 10.6. The van der Waals surface area contributed by atoms with Gasteiger partial charge in [-0.25, -0.2) is 15.6 Å². The molecule has 0 radical (unpaired) electrons. The molecule has 0 bridgehead atoms. The minimum absolute atomic E-state index is 0.276. The molecule has 0 saturated heterocycles. The molecular weight excluding hydrogens is 268 g/mol. The van der Waals surface area contributed by atoms with Crippen LogP contribution in [0.5, 0.6) is 0 Å². The van der Waals surface area contributed by atoms with Crippen LogP contribution in [-0.4, -0.2) is 15.5 Å². The van der Waals surface area contributed by atoms with Crippen molar-refractivity contribution in [3.8, 4) is 0 Å². The number of nitrogens with one attached hydrogen (secondary N) is 1. The molecule has 0 saturated carbocycles. The zero-order valence-electron chi connectivity index (χ0n) is 9.84. The van der Waals surface area contributed by atoms with E-state index in [0.717, 1.165) is 5.56 Å². The number of hydrogen-bond acceptors (Lipinski definition) is 4. The first kappa shape index (κ1) is 13.3. The van der Waals surface area contributed by atoms with Gasteiger partial charge < -0.3 is 0 Å². The highest BCUT2D eigenvalue weighted by Gasteiger charge is 2.05. The smallest absolute Gasteiger partial charge is 0.293 e. The van der Waals surface area contributed by atoms with Gasteiger partial charge in [0.1, 0.15) is 0 Å². The summed E-state index contributed by atoms with van der Waals surface area (Å²) in [5.74, 6) is 4.68. The SMILES string of the molecule is NNC(=O)c1cccc(Cn2cc(Cl)cnc2=O)c1. The molecule has 3 N–H and O–H groups in total. The van der Waals surface area contributed by atoms with Gasteiger partial charge in [-0.05, 0) is 17.7 Å². The van der Waals surface area contributed by atoms with Crippen LogP contribution in [0, 0.1) is 0 Å². The van der Waals surface area contributed by atoms with E-state index < -0.39 is 11.6 Å². The molecule has 6 nitrogen and oxygen atoms in total. The third-order valence-electron chi connectivity index (χ3n) is 2.50. The molecule has 0 aliphatic carbocycles. The fraction of sp³-hybridized carbons (Fsp3) is 0.0833. The summed E-state index contributed by atoms with van der Waals surface area (Å²) in [7, 11) is 0. The van der Waals surface area contributed by atoms with Gasteiger partial charge in [-0.2, -0.15) is 0 Å². The number of hydrogen-bond donors (Lipinski definition) is 2. The molecule has 19 heavy (non-hydrogen) atoms. The van der Waals surface area contributed by atoms with Crippen molar-refractivity contribution < 1.29 is 4.79 Å². The van der Waals surface area contributed by atoms with E-state index in [9.17, 15) is 9.59 Å². The van der Waals surface area contributed by atoms with Crippen molar-refractivity contribution in [2.45, 2.75) is 6.54 Å². The molecule has 1 aromatic carbocycles. The van der Waals surface area contributed by atoms with Crippen LogP contribution in [0.1, 0.15) is 15.9 Å². The lowest BCUT2D eigenvalue weighted by atomic mass is 10.1. The fourth-order valence-electron chi connectivity index (χ4n) is 1.63. The minimum Gasteiger partial charge on any atom is -0.293 e. The van der Waals surface area contributed by atoms with E-state index in [2.05, 4.69) is 10.4 Å². The molecule has 0 fully saturated rings. The monoisotopic (exact) mass is 278 g/mol. The summed E-state index contributed by atoms with van der Waals surface area (Å²) in [6.07, 6.45) is 2.78. The van der Waals surface area contributed by atoms with Crippen LogP contribution in [-0.2, 0) is 6.54 Å². The molecule has 0 aliphatic heterocycles. The Kier molecular flexibility index (Phi) is 3.94. The highest BCUT2D eigenvalue weighted by Crippen LogP contribution is 2.08. The predicted molar refractivity (Wildman–Crippen MR) is 70.7 cm³/mol. The topological polar surface area (TPSA) is 90.0 Å². The van der Waals surface area contributed by atoms with Gasteiger partial charge in [0.25, 0.3) is 5.91 Å². The van der Waals surface area contributed by atoms with Gasteiger partial charge in [0.15, 0.2) is 0 Å². The summed E-state index contributed by atoms with van der Waals surface area (Å²) < 4.78 is 1.36. The molecule has 7 heteroatoms. The van der Waals surface area contributed by atoms with Gasteiger partial charge in [-0.1, -0.05) is 23.7 Å². The molecule has 1 amide bonds. The van der Waals surface area contributed by atoms with Crippen molar-refractivity contribution in [2.75, 3.05) is 0 Å². The normalized spacial score (nSPS) is 10.2. The number of rotatable bonds is 3. The number of nitrogen functional groups attached to an aromatic ring is 1. The van der Waals surface area contributed by atoms with Crippen LogP contribution < -0.4 is 17.0 Å². The number of aromatic nitrogens is 2. The van der Waals surface area contributed by atoms with Gasteiger partial charge in [0, 0.05) is 11.8 Å². The molecule has 0 spiro atoms. The van der Waals surface area contributed by atoms with Gasteiger partial charge >= 0.3 is 5.69 Å². The Bertz CT molecular complexity index is 669.